The van der Waals surface area contributed by atoms with Gasteiger partial charge in [-0.2, -0.15) is 0 Å². The minimum atomic E-state index is -0.772. The van der Waals surface area contributed by atoms with Crippen molar-refractivity contribution in [3.8, 4) is 5.75 Å². The third-order valence-electron chi connectivity index (χ3n) is 4.73. The number of aromatic hydroxyl groups is 1. The van der Waals surface area contributed by atoms with Gasteiger partial charge in [0.05, 0.1) is 11.6 Å². The molecule has 3 aromatic carbocycles. The zero-order valence-corrected chi connectivity index (χ0v) is 14.8. The fourth-order valence-electron chi connectivity index (χ4n) is 3.41. The predicted octanol–water partition coefficient (Wildman–Crippen LogP) is 4.02. The molecular formula is C23H17NO4. The molecule has 1 atom stereocenters. The van der Waals surface area contributed by atoms with Crippen LogP contribution in [0.4, 0.5) is 5.69 Å². The van der Waals surface area contributed by atoms with Crippen LogP contribution >= 0.6 is 0 Å². The quantitative estimate of drug-likeness (QED) is 0.414. The predicted molar refractivity (Wildman–Crippen MR) is 106 cm³/mol. The van der Waals surface area contributed by atoms with E-state index >= 15 is 0 Å². The summed E-state index contributed by atoms with van der Waals surface area (Å²) in [5.41, 5.74) is 1.66. The molecule has 0 aromatic heterocycles. The molecular weight excluding hydrogens is 354 g/mol. The SMILES string of the molecule is O=C1C(=O)N(c2ccc(O)cc2)C(c2ccccc2)/C1=C(/O)c1ccccc1. The molecule has 4 rings (SSSR count). The van der Waals surface area contributed by atoms with Gasteiger partial charge in [0.2, 0.25) is 0 Å². The van der Waals surface area contributed by atoms with Crippen molar-refractivity contribution >= 4 is 23.1 Å². The third kappa shape index (κ3) is 2.93. The number of carbonyl (C=O) groups is 2. The van der Waals surface area contributed by atoms with Gasteiger partial charge in [0.15, 0.2) is 0 Å². The Hall–Kier alpha value is -3.86. The Bertz CT molecular complexity index is 1060. The maximum absolute atomic E-state index is 12.9. The molecule has 1 saturated heterocycles. The lowest BCUT2D eigenvalue weighted by Gasteiger charge is -2.25. The van der Waals surface area contributed by atoms with E-state index in [2.05, 4.69) is 0 Å². The van der Waals surface area contributed by atoms with Gasteiger partial charge in [0.1, 0.15) is 11.5 Å². The number of rotatable bonds is 3. The highest BCUT2D eigenvalue weighted by Crippen LogP contribution is 2.42. The first kappa shape index (κ1) is 17.5. The van der Waals surface area contributed by atoms with E-state index in [1.165, 1.54) is 17.0 Å². The highest BCUT2D eigenvalue weighted by atomic mass is 16.3. The van der Waals surface area contributed by atoms with Crippen LogP contribution in [0, 0.1) is 0 Å². The first-order valence-electron chi connectivity index (χ1n) is 8.78. The number of Topliss-reactive ketones (excluding diaryl/α,β-unsaturated/α-hetero) is 1. The minimum Gasteiger partial charge on any atom is -0.508 e. The number of nitrogens with zero attached hydrogens (tertiary/aromatic N) is 1. The average molecular weight is 371 g/mol. The summed E-state index contributed by atoms with van der Waals surface area (Å²) in [7, 11) is 0. The van der Waals surface area contributed by atoms with E-state index in [4.69, 9.17) is 0 Å². The molecule has 1 aliphatic rings. The monoisotopic (exact) mass is 371 g/mol. The molecule has 1 amide bonds. The standard InChI is InChI=1S/C23H17NO4/c25-18-13-11-17(12-14-18)24-20(15-7-3-1-4-8-15)19(22(27)23(24)28)21(26)16-9-5-2-6-10-16/h1-14,20,25-26H/b21-19-. The molecule has 1 fully saturated rings. The summed E-state index contributed by atoms with van der Waals surface area (Å²) in [4.78, 5) is 27.1. The van der Waals surface area contributed by atoms with Gasteiger partial charge in [0, 0.05) is 11.3 Å². The Morgan fingerprint density at radius 3 is 1.96 bits per heavy atom. The topological polar surface area (TPSA) is 77.8 Å². The van der Waals surface area contributed by atoms with Crippen LogP contribution < -0.4 is 4.90 Å². The van der Waals surface area contributed by atoms with E-state index in [9.17, 15) is 19.8 Å². The zero-order chi connectivity index (χ0) is 19.7. The molecule has 2 N–H and O–H groups in total. The molecule has 0 bridgehead atoms. The smallest absolute Gasteiger partial charge is 0.300 e. The molecule has 1 heterocycles. The molecule has 3 aromatic rings. The van der Waals surface area contributed by atoms with Crippen LogP contribution in [0.15, 0.2) is 90.5 Å². The van der Waals surface area contributed by atoms with Crippen LogP contribution in [0.2, 0.25) is 0 Å². The molecule has 1 aliphatic heterocycles. The van der Waals surface area contributed by atoms with E-state index in [1.807, 2.05) is 30.3 Å². The number of aliphatic hydroxyl groups excluding tert-OH is 1. The largest absolute Gasteiger partial charge is 0.508 e. The number of carbonyl (C=O) groups excluding carboxylic acids is 2. The third-order valence-corrected chi connectivity index (χ3v) is 4.73. The highest BCUT2D eigenvalue weighted by molar-refractivity contribution is 6.51. The maximum atomic E-state index is 12.9. The molecule has 0 aliphatic carbocycles. The summed E-state index contributed by atoms with van der Waals surface area (Å²) in [6.07, 6.45) is 0. The fourth-order valence-corrected chi connectivity index (χ4v) is 3.41. The first-order valence-corrected chi connectivity index (χ1v) is 8.78. The zero-order valence-electron chi connectivity index (χ0n) is 14.8. The van der Waals surface area contributed by atoms with Crippen LogP contribution in [0.25, 0.3) is 5.76 Å². The van der Waals surface area contributed by atoms with Gasteiger partial charge in [-0.15, -0.1) is 0 Å². The summed E-state index contributed by atoms with van der Waals surface area (Å²) < 4.78 is 0. The van der Waals surface area contributed by atoms with Crippen molar-refractivity contribution in [2.24, 2.45) is 0 Å². The van der Waals surface area contributed by atoms with Crippen molar-refractivity contribution in [2.45, 2.75) is 6.04 Å². The number of phenolic OH excluding ortho intramolecular Hbond substituents is 1. The Balaban J connectivity index is 1.94. The van der Waals surface area contributed by atoms with Crippen molar-refractivity contribution in [3.05, 3.63) is 102 Å². The number of aliphatic hydroxyl groups is 1. The van der Waals surface area contributed by atoms with Gasteiger partial charge in [-0.05, 0) is 29.8 Å². The molecule has 1 unspecified atom stereocenters. The fraction of sp³-hybridized carbons (Fsp3) is 0.0435. The number of hydrogen-bond donors (Lipinski definition) is 2. The highest BCUT2D eigenvalue weighted by Gasteiger charge is 2.46. The molecule has 5 heteroatoms. The molecule has 138 valence electrons. The van der Waals surface area contributed by atoms with Gasteiger partial charge in [-0.3, -0.25) is 14.5 Å². The van der Waals surface area contributed by atoms with Crippen molar-refractivity contribution in [1.29, 1.82) is 0 Å². The number of ketones is 1. The Kier molecular flexibility index (Phi) is 4.41. The number of hydrogen-bond acceptors (Lipinski definition) is 4. The van der Waals surface area contributed by atoms with Gasteiger partial charge >= 0.3 is 0 Å². The number of anilines is 1. The van der Waals surface area contributed by atoms with Crippen LogP contribution in [-0.4, -0.2) is 21.9 Å². The van der Waals surface area contributed by atoms with Crippen molar-refractivity contribution in [1.82, 2.24) is 0 Å². The maximum Gasteiger partial charge on any atom is 0.300 e. The van der Waals surface area contributed by atoms with E-state index in [0.29, 0.717) is 16.8 Å². The first-order chi connectivity index (χ1) is 13.6. The molecule has 28 heavy (non-hydrogen) atoms. The Labute approximate surface area is 161 Å². The molecule has 0 radical (unpaired) electrons. The van der Waals surface area contributed by atoms with Gasteiger partial charge in [0.25, 0.3) is 11.7 Å². The Morgan fingerprint density at radius 1 is 0.786 bits per heavy atom. The summed E-state index contributed by atoms with van der Waals surface area (Å²) in [5.74, 6) is -1.63. The van der Waals surface area contributed by atoms with Crippen LogP contribution in [-0.2, 0) is 9.59 Å². The summed E-state index contributed by atoms with van der Waals surface area (Å²) in [6, 6.07) is 23.0. The normalized spacial score (nSPS) is 18.4. The number of benzene rings is 3. The summed E-state index contributed by atoms with van der Waals surface area (Å²) in [6.45, 7) is 0. The summed E-state index contributed by atoms with van der Waals surface area (Å²) in [5, 5.41) is 20.5. The molecule has 5 nitrogen and oxygen atoms in total. The second-order valence-electron chi connectivity index (χ2n) is 6.46. The van der Waals surface area contributed by atoms with Crippen LogP contribution in [0.3, 0.4) is 0 Å². The lowest BCUT2D eigenvalue weighted by Crippen LogP contribution is -2.29. The molecule has 0 spiro atoms. The van der Waals surface area contributed by atoms with Crippen molar-refractivity contribution < 1.29 is 19.8 Å². The number of amides is 1. The van der Waals surface area contributed by atoms with E-state index in [0.717, 1.165) is 0 Å². The van der Waals surface area contributed by atoms with E-state index in [1.54, 1.807) is 42.5 Å². The van der Waals surface area contributed by atoms with Gasteiger partial charge in [-0.1, -0.05) is 60.7 Å². The average Bonchev–Trinajstić information content (AvgIpc) is 3.00. The van der Waals surface area contributed by atoms with Crippen LogP contribution in [0.1, 0.15) is 17.2 Å². The van der Waals surface area contributed by atoms with Gasteiger partial charge < -0.3 is 10.2 Å². The van der Waals surface area contributed by atoms with Crippen LogP contribution in [0.5, 0.6) is 5.75 Å². The molecule has 0 saturated carbocycles. The second-order valence-corrected chi connectivity index (χ2v) is 6.46. The second kappa shape index (κ2) is 7.04. The van der Waals surface area contributed by atoms with E-state index < -0.39 is 17.7 Å². The Morgan fingerprint density at radius 2 is 1.36 bits per heavy atom. The lowest BCUT2D eigenvalue weighted by atomic mass is 9.95. The lowest BCUT2D eigenvalue weighted by molar-refractivity contribution is -0.132. The van der Waals surface area contributed by atoms with Gasteiger partial charge in [-0.25, -0.2) is 0 Å². The van der Waals surface area contributed by atoms with E-state index in [-0.39, 0.29) is 17.1 Å². The minimum absolute atomic E-state index is 0.0375. The summed E-state index contributed by atoms with van der Waals surface area (Å²) >= 11 is 0. The van der Waals surface area contributed by atoms with Crippen molar-refractivity contribution in [2.75, 3.05) is 4.90 Å². The number of phenols is 1. The van der Waals surface area contributed by atoms with Crippen molar-refractivity contribution in [3.63, 3.8) is 0 Å².